The minimum atomic E-state index is -0.310. The lowest BCUT2D eigenvalue weighted by atomic mass is 10.0. The molecule has 1 N–H and O–H groups in total. The van der Waals surface area contributed by atoms with Crippen LogP contribution in [0.1, 0.15) is 22.3 Å². The predicted molar refractivity (Wildman–Crippen MR) is 140 cm³/mol. The molecule has 4 nitrogen and oxygen atoms in total. The van der Waals surface area contributed by atoms with Crippen LogP contribution in [0.15, 0.2) is 103 Å². The number of hydrogen-bond acceptors (Lipinski definition) is 3. The summed E-state index contributed by atoms with van der Waals surface area (Å²) < 4.78 is 19.8. The first-order valence-electron chi connectivity index (χ1n) is 12.3. The first-order chi connectivity index (χ1) is 17.7. The third-order valence-electron chi connectivity index (χ3n) is 6.58. The van der Waals surface area contributed by atoms with Crippen molar-refractivity contribution in [2.24, 2.45) is 0 Å². The van der Waals surface area contributed by atoms with Gasteiger partial charge in [0.05, 0.1) is 12.5 Å². The lowest BCUT2D eigenvalue weighted by molar-refractivity contribution is -0.134. The molecule has 0 unspecified atom stereocenters. The molecule has 4 aromatic carbocycles. The Kier molecular flexibility index (Phi) is 7.27. The summed E-state index contributed by atoms with van der Waals surface area (Å²) >= 11 is 0. The van der Waals surface area contributed by atoms with Gasteiger partial charge in [0, 0.05) is 24.3 Å². The molecular weight excluding hydrogens is 451 g/mol. The molecule has 1 aliphatic rings. The molecule has 4 aromatic rings. The number of benzene rings is 4. The van der Waals surface area contributed by atoms with E-state index >= 15 is 0 Å². The number of nitrogens with one attached hydrogen (secondary N) is 1. The van der Waals surface area contributed by atoms with E-state index in [0.29, 0.717) is 26.1 Å². The van der Waals surface area contributed by atoms with Crippen LogP contribution in [0.4, 0.5) is 10.1 Å². The average molecular weight is 481 g/mol. The van der Waals surface area contributed by atoms with E-state index in [2.05, 4.69) is 29.6 Å². The maximum Gasteiger partial charge on any atom is 0.227 e. The zero-order valence-corrected chi connectivity index (χ0v) is 20.1. The molecule has 0 spiro atoms. The Morgan fingerprint density at radius 2 is 1.53 bits per heavy atom. The Morgan fingerprint density at radius 1 is 0.833 bits per heavy atom. The number of nitrogens with zero attached hydrogens (tertiary/aromatic N) is 1. The minimum absolute atomic E-state index is 0.0199. The van der Waals surface area contributed by atoms with Crippen LogP contribution < -0.4 is 10.1 Å². The van der Waals surface area contributed by atoms with Crippen molar-refractivity contribution in [1.29, 1.82) is 0 Å². The quantitative estimate of drug-likeness (QED) is 0.389. The van der Waals surface area contributed by atoms with Crippen LogP contribution in [-0.4, -0.2) is 23.5 Å². The summed E-state index contributed by atoms with van der Waals surface area (Å²) in [6.07, 6.45) is 0.853. The molecule has 0 aliphatic carbocycles. The van der Waals surface area contributed by atoms with E-state index in [4.69, 9.17) is 4.74 Å². The molecule has 1 atom stereocenters. The van der Waals surface area contributed by atoms with Crippen LogP contribution in [0, 0.1) is 5.82 Å². The van der Waals surface area contributed by atoms with Crippen molar-refractivity contribution in [3.05, 3.63) is 131 Å². The van der Waals surface area contributed by atoms with Gasteiger partial charge < -0.3 is 15.0 Å². The zero-order chi connectivity index (χ0) is 24.7. The van der Waals surface area contributed by atoms with Crippen LogP contribution in [-0.2, 0) is 30.7 Å². The number of hydrogen-bond donors (Lipinski definition) is 1. The number of carbonyl (C=O) groups is 1. The van der Waals surface area contributed by atoms with Gasteiger partial charge in [-0.3, -0.25) is 4.79 Å². The second kappa shape index (κ2) is 11.1. The number of halogens is 1. The molecule has 5 rings (SSSR count). The molecule has 0 saturated heterocycles. The van der Waals surface area contributed by atoms with Gasteiger partial charge in [0.2, 0.25) is 5.91 Å². The van der Waals surface area contributed by atoms with Crippen molar-refractivity contribution >= 4 is 11.6 Å². The van der Waals surface area contributed by atoms with Crippen LogP contribution in [0.2, 0.25) is 0 Å². The summed E-state index contributed by atoms with van der Waals surface area (Å²) in [6, 6.07) is 32.3. The molecular formula is C31H29FN2O2. The maximum absolute atomic E-state index is 13.8. The highest BCUT2D eigenvalue weighted by molar-refractivity contribution is 5.79. The van der Waals surface area contributed by atoms with Gasteiger partial charge in [-0.1, -0.05) is 78.9 Å². The summed E-state index contributed by atoms with van der Waals surface area (Å²) in [4.78, 5) is 15.7. The third kappa shape index (κ3) is 5.74. The topological polar surface area (TPSA) is 41.6 Å². The molecule has 1 aliphatic heterocycles. The summed E-state index contributed by atoms with van der Waals surface area (Å²) in [5.41, 5.74) is 5.03. The number of rotatable bonds is 4. The predicted octanol–water partition coefficient (Wildman–Crippen LogP) is 6.01. The molecule has 1 amide bonds. The number of fused-ring (bicyclic) bond motifs is 2. The first-order valence-corrected chi connectivity index (χ1v) is 12.3. The normalized spacial score (nSPS) is 15.5. The van der Waals surface area contributed by atoms with E-state index in [-0.39, 0.29) is 24.2 Å². The fourth-order valence-corrected chi connectivity index (χ4v) is 4.63. The monoisotopic (exact) mass is 480 g/mol. The number of anilines is 1. The molecule has 5 heteroatoms. The van der Waals surface area contributed by atoms with E-state index in [1.807, 2.05) is 59.5 Å². The highest BCUT2D eigenvalue weighted by Crippen LogP contribution is 2.26. The van der Waals surface area contributed by atoms with Gasteiger partial charge in [0.1, 0.15) is 18.2 Å². The summed E-state index contributed by atoms with van der Waals surface area (Å²) in [6.45, 7) is 1.43. The minimum Gasteiger partial charge on any atom is -0.491 e. The number of para-hydroxylation sites is 2. The van der Waals surface area contributed by atoms with Crippen LogP contribution in [0.3, 0.4) is 0 Å². The highest BCUT2D eigenvalue weighted by Gasteiger charge is 2.27. The third-order valence-corrected chi connectivity index (χ3v) is 6.58. The maximum atomic E-state index is 13.8. The molecule has 0 radical (unpaired) electrons. The van der Waals surface area contributed by atoms with E-state index in [9.17, 15) is 9.18 Å². The largest absolute Gasteiger partial charge is 0.491 e. The van der Waals surface area contributed by atoms with Crippen molar-refractivity contribution in [3.63, 3.8) is 0 Å². The molecule has 0 saturated carbocycles. The van der Waals surface area contributed by atoms with Gasteiger partial charge in [0.25, 0.3) is 0 Å². The first kappa shape index (κ1) is 23.6. The average Bonchev–Trinajstić information content (AvgIpc) is 2.94. The lowest BCUT2D eigenvalue weighted by Gasteiger charge is -2.33. The van der Waals surface area contributed by atoms with Gasteiger partial charge >= 0.3 is 0 Å². The molecule has 36 heavy (non-hydrogen) atoms. The van der Waals surface area contributed by atoms with Crippen LogP contribution in [0.5, 0.6) is 5.75 Å². The number of ether oxygens (including phenoxy) is 1. The Labute approximate surface area is 211 Å². The summed E-state index contributed by atoms with van der Waals surface area (Å²) in [7, 11) is 0. The van der Waals surface area contributed by atoms with Crippen LogP contribution in [0.25, 0.3) is 0 Å². The Balaban J connectivity index is 1.53. The van der Waals surface area contributed by atoms with Crippen LogP contribution >= 0.6 is 0 Å². The van der Waals surface area contributed by atoms with E-state index in [0.717, 1.165) is 33.7 Å². The van der Waals surface area contributed by atoms with Crippen molar-refractivity contribution in [2.75, 3.05) is 11.9 Å². The van der Waals surface area contributed by atoms with Gasteiger partial charge in [-0.15, -0.1) is 0 Å². The second-order valence-corrected chi connectivity index (χ2v) is 9.10. The molecule has 0 bridgehead atoms. The Morgan fingerprint density at radius 3 is 2.33 bits per heavy atom. The smallest absolute Gasteiger partial charge is 0.227 e. The van der Waals surface area contributed by atoms with Crippen molar-refractivity contribution in [2.45, 2.75) is 32.0 Å². The zero-order valence-electron chi connectivity index (χ0n) is 20.1. The summed E-state index contributed by atoms with van der Waals surface area (Å²) in [5, 5.41) is 3.54. The molecule has 1 heterocycles. The van der Waals surface area contributed by atoms with E-state index < -0.39 is 0 Å². The Hall–Kier alpha value is -4.12. The van der Waals surface area contributed by atoms with Gasteiger partial charge in [-0.2, -0.15) is 0 Å². The van der Waals surface area contributed by atoms with Crippen molar-refractivity contribution < 1.29 is 13.9 Å². The van der Waals surface area contributed by atoms with E-state index in [1.54, 1.807) is 12.1 Å². The molecule has 0 fully saturated rings. The lowest BCUT2D eigenvalue weighted by Crippen LogP contribution is -2.45. The van der Waals surface area contributed by atoms with E-state index in [1.165, 1.54) is 12.1 Å². The number of amides is 1. The van der Waals surface area contributed by atoms with Crippen molar-refractivity contribution in [3.8, 4) is 5.75 Å². The van der Waals surface area contributed by atoms with Crippen molar-refractivity contribution in [1.82, 2.24) is 4.90 Å². The highest BCUT2D eigenvalue weighted by atomic mass is 19.1. The molecule has 182 valence electrons. The standard InChI is InChI=1S/C31H29FN2O2/c32-27-16-14-24(15-17-27)19-31(35)34-21-26-11-4-6-12-29(26)33-20-25-10-5-7-13-30(25)36-22-28(34)18-23-8-2-1-3-9-23/h1-17,28,33H,18-22H2/t28-/m0/s1. The second-order valence-electron chi connectivity index (χ2n) is 9.10. The fraction of sp³-hybridized carbons (Fsp3) is 0.194. The Bertz CT molecular complexity index is 1310. The molecule has 0 aromatic heterocycles. The fourth-order valence-electron chi connectivity index (χ4n) is 4.63. The summed E-state index contributed by atoms with van der Waals surface area (Å²) in [5.74, 6) is 0.484. The van der Waals surface area contributed by atoms with Gasteiger partial charge in [-0.05, 0) is 47.4 Å². The van der Waals surface area contributed by atoms with Gasteiger partial charge in [0.15, 0.2) is 0 Å². The SMILES string of the molecule is O=C(Cc1ccc(F)cc1)N1Cc2ccccc2NCc2ccccc2OC[C@@H]1Cc1ccccc1. The van der Waals surface area contributed by atoms with Gasteiger partial charge in [-0.25, -0.2) is 4.39 Å². The number of carbonyl (C=O) groups excluding carboxylic acids is 1.